The van der Waals surface area contributed by atoms with Gasteiger partial charge in [0.05, 0.1) is 12.5 Å². The van der Waals surface area contributed by atoms with Gasteiger partial charge in [0.25, 0.3) is 0 Å². The second kappa shape index (κ2) is 2.82. The SMILES string of the molecule is O=C(O)C1=NC=COC=C1. The molecule has 4 nitrogen and oxygen atoms in total. The molecule has 0 saturated carbocycles. The third kappa shape index (κ3) is 1.45. The van der Waals surface area contributed by atoms with Gasteiger partial charge in [0.1, 0.15) is 6.26 Å². The van der Waals surface area contributed by atoms with Crippen LogP contribution in [0.4, 0.5) is 0 Å². The molecule has 0 unspecified atom stereocenters. The fraction of sp³-hybridized carbons (Fsp3) is 0. The molecule has 0 aromatic heterocycles. The van der Waals surface area contributed by atoms with Crippen molar-refractivity contribution < 1.29 is 14.6 Å². The number of rotatable bonds is 1. The Bertz CT molecular complexity index is 227. The minimum atomic E-state index is -1.06. The minimum Gasteiger partial charge on any atom is -0.477 e. The third-order valence-electron chi connectivity index (χ3n) is 0.877. The quantitative estimate of drug-likeness (QED) is 0.576. The monoisotopic (exact) mass is 139 g/mol. The van der Waals surface area contributed by atoms with Crippen molar-refractivity contribution in [1.82, 2.24) is 0 Å². The predicted molar refractivity (Wildman–Crippen MR) is 34.4 cm³/mol. The molecule has 0 bridgehead atoms. The van der Waals surface area contributed by atoms with Gasteiger partial charge in [0, 0.05) is 6.08 Å². The van der Waals surface area contributed by atoms with Crippen molar-refractivity contribution in [1.29, 1.82) is 0 Å². The van der Waals surface area contributed by atoms with E-state index in [1.807, 2.05) is 0 Å². The fourth-order valence-corrected chi connectivity index (χ4v) is 0.465. The lowest BCUT2D eigenvalue weighted by atomic mass is 10.4. The van der Waals surface area contributed by atoms with E-state index in [0.29, 0.717) is 0 Å². The molecule has 10 heavy (non-hydrogen) atoms. The molecule has 0 spiro atoms. The van der Waals surface area contributed by atoms with E-state index in [1.54, 1.807) is 0 Å². The van der Waals surface area contributed by atoms with Crippen molar-refractivity contribution in [2.45, 2.75) is 0 Å². The summed E-state index contributed by atoms with van der Waals surface area (Å²) in [6.45, 7) is 0. The Morgan fingerprint density at radius 2 is 2.40 bits per heavy atom. The summed E-state index contributed by atoms with van der Waals surface area (Å²) in [4.78, 5) is 13.8. The van der Waals surface area contributed by atoms with Crippen LogP contribution in [0.15, 0.2) is 29.8 Å². The Labute approximate surface area is 57.1 Å². The lowest BCUT2D eigenvalue weighted by Gasteiger charge is -1.85. The summed E-state index contributed by atoms with van der Waals surface area (Å²) in [6, 6.07) is 0. The average molecular weight is 139 g/mol. The second-order valence-electron chi connectivity index (χ2n) is 1.54. The van der Waals surface area contributed by atoms with Crippen LogP contribution in [-0.2, 0) is 9.53 Å². The molecule has 1 aliphatic rings. The molecule has 0 atom stereocenters. The smallest absolute Gasteiger partial charge is 0.354 e. The average Bonchev–Trinajstić information content (AvgIpc) is 2.12. The van der Waals surface area contributed by atoms with Crippen LogP contribution in [0.5, 0.6) is 0 Å². The number of aliphatic carboxylic acids is 1. The molecule has 0 amide bonds. The van der Waals surface area contributed by atoms with Gasteiger partial charge in [-0.1, -0.05) is 0 Å². The van der Waals surface area contributed by atoms with Crippen LogP contribution < -0.4 is 0 Å². The predicted octanol–water partition coefficient (Wildman–Crippen LogP) is 0.527. The molecule has 1 heterocycles. The summed E-state index contributed by atoms with van der Waals surface area (Å²) < 4.78 is 4.64. The van der Waals surface area contributed by atoms with Crippen molar-refractivity contribution >= 4 is 11.7 Å². The Balaban J connectivity index is 2.83. The summed E-state index contributed by atoms with van der Waals surface area (Å²) in [5, 5.41) is 8.39. The molecule has 1 rings (SSSR count). The maximum Gasteiger partial charge on any atom is 0.354 e. The zero-order chi connectivity index (χ0) is 7.40. The first-order chi connectivity index (χ1) is 4.80. The zero-order valence-electron chi connectivity index (χ0n) is 5.02. The molecule has 0 aromatic carbocycles. The molecular formula is C6H5NO3. The van der Waals surface area contributed by atoms with Gasteiger partial charge in [-0.05, 0) is 0 Å². The molecule has 0 aromatic rings. The molecule has 0 saturated heterocycles. The maximum atomic E-state index is 10.2. The lowest BCUT2D eigenvalue weighted by molar-refractivity contribution is -0.129. The third-order valence-corrected chi connectivity index (χ3v) is 0.877. The number of hydrogen-bond acceptors (Lipinski definition) is 3. The summed E-state index contributed by atoms with van der Waals surface area (Å²) in [6.07, 6.45) is 5.12. The molecule has 1 N–H and O–H groups in total. The van der Waals surface area contributed by atoms with Crippen LogP contribution in [-0.4, -0.2) is 16.8 Å². The van der Waals surface area contributed by atoms with Crippen LogP contribution in [0.1, 0.15) is 0 Å². The fourth-order valence-electron chi connectivity index (χ4n) is 0.465. The normalized spacial score (nSPS) is 15.4. The summed E-state index contributed by atoms with van der Waals surface area (Å²) >= 11 is 0. The number of hydrogen-bond donors (Lipinski definition) is 1. The topological polar surface area (TPSA) is 58.9 Å². The van der Waals surface area contributed by atoms with E-state index in [0.717, 1.165) is 0 Å². The van der Waals surface area contributed by atoms with Crippen molar-refractivity contribution in [3.8, 4) is 0 Å². The van der Waals surface area contributed by atoms with Crippen molar-refractivity contribution in [3.05, 3.63) is 24.8 Å². The molecule has 0 fully saturated rings. The van der Waals surface area contributed by atoms with E-state index in [2.05, 4.69) is 9.73 Å². The van der Waals surface area contributed by atoms with Crippen molar-refractivity contribution in [3.63, 3.8) is 0 Å². The zero-order valence-corrected chi connectivity index (χ0v) is 5.02. The largest absolute Gasteiger partial charge is 0.477 e. The van der Waals surface area contributed by atoms with E-state index in [4.69, 9.17) is 5.11 Å². The van der Waals surface area contributed by atoms with Gasteiger partial charge in [-0.25, -0.2) is 9.79 Å². The number of ether oxygens (including phenoxy) is 1. The first kappa shape index (κ1) is 6.54. The van der Waals surface area contributed by atoms with Gasteiger partial charge in [-0.3, -0.25) is 0 Å². The van der Waals surface area contributed by atoms with Crippen LogP contribution in [0.3, 0.4) is 0 Å². The van der Waals surface area contributed by atoms with Crippen LogP contribution in [0.2, 0.25) is 0 Å². The van der Waals surface area contributed by atoms with Gasteiger partial charge < -0.3 is 9.84 Å². The van der Waals surface area contributed by atoms with Crippen molar-refractivity contribution in [2.75, 3.05) is 0 Å². The standard InChI is InChI=1S/C6H5NO3/c8-6(9)5-1-3-10-4-2-7-5/h1-4H,(H,8,9). The van der Waals surface area contributed by atoms with Crippen LogP contribution in [0, 0.1) is 0 Å². The van der Waals surface area contributed by atoms with Crippen molar-refractivity contribution in [2.24, 2.45) is 4.99 Å². The van der Waals surface area contributed by atoms with Crippen LogP contribution >= 0.6 is 0 Å². The molecule has 0 aliphatic carbocycles. The summed E-state index contributed by atoms with van der Waals surface area (Å²) in [7, 11) is 0. The molecule has 4 heteroatoms. The molecule has 0 radical (unpaired) electrons. The summed E-state index contributed by atoms with van der Waals surface area (Å²) in [5.74, 6) is -1.06. The number of carboxylic acids is 1. The van der Waals surface area contributed by atoms with Gasteiger partial charge in [0.2, 0.25) is 0 Å². The lowest BCUT2D eigenvalue weighted by Crippen LogP contribution is -2.08. The number of carboxylic acid groups (broad SMARTS) is 1. The van der Waals surface area contributed by atoms with E-state index in [-0.39, 0.29) is 5.71 Å². The van der Waals surface area contributed by atoms with Gasteiger partial charge in [0.15, 0.2) is 5.71 Å². The molecule has 52 valence electrons. The first-order valence-electron chi connectivity index (χ1n) is 2.59. The Hall–Kier alpha value is -1.58. The maximum absolute atomic E-state index is 10.2. The second-order valence-corrected chi connectivity index (χ2v) is 1.54. The minimum absolute atomic E-state index is 0.0336. The van der Waals surface area contributed by atoms with E-state index >= 15 is 0 Å². The highest BCUT2D eigenvalue weighted by molar-refractivity contribution is 6.40. The molecular weight excluding hydrogens is 134 g/mol. The summed E-state index contributed by atoms with van der Waals surface area (Å²) in [5.41, 5.74) is -0.0336. The van der Waals surface area contributed by atoms with Gasteiger partial charge in [-0.15, -0.1) is 0 Å². The highest BCUT2D eigenvalue weighted by atomic mass is 16.5. The van der Waals surface area contributed by atoms with Gasteiger partial charge in [-0.2, -0.15) is 0 Å². The Morgan fingerprint density at radius 1 is 1.60 bits per heavy atom. The first-order valence-corrected chi connectivity index (χ1v) is 2.59. The number of nitrogens with zero attached hydrogens (tertiary/aromatic N) is 1. The van der Waals surface area contributed by atoms with E-state index in [1.165, 1.54) is 24.8 Å². The highest BCUT2D eigenvalue weighted by Crippen LogP contribution is 1.92. The molecule has 1 aliphatic heterocycles. The van der Waals surface area contributed by atoms with E-state index in [9.17, 15) is 4.79 Å². The van der Waals surface area contributed by atoms with Gasteiger partial charge >= 0.3 is 5.97 Å². The Morgan fingerprint density at radius 3 is 3.10 bits per heavy atom. The number of aliphatic imine (C=N–C) groups is 1. The van der Waals surface area contributed by atoms with Crippen LogP contribution in [0.25, 0.3) is 0 Å². The van der Waals surface area contributed by atoms with E-state index < -0.39 is 5.97 Å². The highest BCUT2D eigenvalue weighted by Gasteiger charge is 2.03. The Kier molecular flexibility index (Phi) is 1.84. The number of carbonyl (C=O) groups is 1.